The molecule has 0 bridgehead atoms. The van der Waals surface area contributed by atoms with Crippen molar-refractivity contribution in [3.63, 3.8) is 0 Å². The molecule has 0 aromatic carbocycles. The highest BCUT2D eigenvalue weighted by atomic mass is 16.5. The predicted octanol–water partition coefficient (Wildman–Crippen LogP) is -0.113. The zero-order chi connectivity index (χ0) is 9.84. The molecule has 66 valence electrons. The molecule has 1 aliphatic heterocycles. The van der Waals surface area contributed by atoms with Gasteiger partial charge in [0.05, 0.1) is 6.61 Å². The van der Waals surface area contributed by atoms with Crippen LogP contribution in [-0.4, -0.2) is 18.4 Å². The van der Waals surface area contributed by atoms with Gasteiger partial charge in [0.15, 0.2) is 23.2 Å². The van der Waals surface area contributed by atoms with Gasteiger partial charge in [-0.15, -0.1) is 0 Å². The van der Waals surface area contributed by atoms with E-state index >= 15 is 0 Å². The standard InChI is InChI=1S/C8H7N3O2/c1-2-13-7-5(3-9)6(4-12)11-8(7)10/h2H2,1H3,(H2,10,11). The molecule has 0 unspecified atom stereocenters. The van der Waals surface area contributed by atoms with E-state index in [1.165, 1.54) is 5.94 Å². The molecular formula is C8H7N3O2. The molecule has 0 saturated carbocycles. The smallest absolute Gasteiger partial charge is 0.182 e. The number of nitrogens with zero attached hydrogens (tertiary/aromatic N) is 2. The van der Waals surface area contributed by atoms with Gasteiger partial charge < -0.3 is 10.5 Å². The van der Waals surface area contributed by atoms with E-state index in [-0.39, 0.29) is 22.9 Å². The van der Waals surface area contributed by atoms with Crippen LogP contribution in [0.4, 0.5) is 0 Å². The Bertz CT molecular complexity index is 381. The van der Waals surface area contributed by atoms with Gasteiger partial charge >= 0.3 is 0 Å². The van der Waals surface area contributed by atoms with Gasteiger partial charge in [-0.1, -0.05) is 0 Å². The van der Waals surface area contributed by atoms with Crippen LogP contribution >= 0.6 is 0 Å². The Balaban J connectivity index is 3.20. The Kier molecular flexibility index (Phi) is 2.48. The van der Waals surface area contributed by atoms with E-state index in [0.717, 1.165) is 0 Å². The van der Waals surface area contributed by atoms with E-state index in [9.17, 15) is 4.79 Å². The maximum absolute atomic E-state index is 10.3. The highest BCUT2D eigenvalue weighted by molar-refractivity contribution is 6.02. The average Bonchev–Trinajstić information content (AvgIpc) is 2.44. The molecule has 0 fully saturated rings. The minimum Gasteiger partial charge on any atom is -0.489 e. The molecule has 5 heteroatoms. The minimum absolute atomic E-state index is 0.0503. The van der Waals surface area contributed by atoms with E-state index < -0.39 is 0 Å². The van der Waals surface area contributed by atoms with E-state index in [1.807, 2.05) is 0 Å². The van der Waals surface area contributed by atoms with Gasteiger partial charge in [-0.3, -0.25) is 0 Å². The van der Waals surface area contributed by atoms with Crippen LogP contribution in [-0.2, 0) is 9.53 Å². The fourth-order valence-corrected chi connectivity index (χ4v) is 0.931. The molecule has 13 heavy (non-hydrogen) atoms. The Labute approximate surface area is 74.8 Å². The molecule has 5 nitrogen and oxygen atoms in total. The third kappa shape index (κ3) is 1.43. The van der Waals surface area contributed by atoms with Crippen molar-refractivity contribution in [1.82, 2.24) is 0 Å². The van der Waals surface area contributed by atoms with Crippen LogP contribution in [0.15, 0.2) is 22.0 Å². The Morgan fingerprint density at radius 2 is 2.38 bits per heavy atom. The number of hydrogen-bond acceptors (Lipinski definition) is 5. The zero-order valence-electron chi connectivity index (χ0n) is 7.00. The number of nitriles is 1. The van der Waals surface area contributed by atoms with Gasteiger partial charge in [0.2, 0.25) is 0 Å². The third-order valence-electron chi connectivity index (χ3n) is 1.43. The van der Waals surface area contributed by atoms with Gasteiger partial charge in [0.25, 0.3) is 0 Å². The van der Waals surface area contributed by atoms with Crippen LogP contribution in [0.3, 0.4) is 0 Å². The molecule has 0 aromatic rings. The van der Waals surface area contributed by atoms with Crippen LogP contribution < -0.4 is 5.73 Å². The highest BCUT2D eigenvalue weighted by Crippen LogP contribution is 2.21. The van der Waals surface area contributed by atoms with Crippen LogP contribution in [0.5, 0.6) is 0 Å². The number of amidine groups is 1. The molecule has 1 rings (SSSR count). The lowest BCUT2D eigenvalue weighted by Crippen LogP contribution is -2.14. The molecule has 0 atom stereocenters. The second kappa shape index (κ2) is 3.57. The van der Waals surface area contributed by atoms with Crippen molar-refractivity contribution >= 4 is 11.8 Å². The number of ether oxygens (including phenoxy) is 1. The molecule has 0 aliphatic carbocycles. The fourth-order valence-electron chi connectivity index (χ4n) is 0.931. The first-order valence-electron chi connectivity index (χ1n) is 3.61. The van der Waals surface area contributed by atoms with Crippen molar-refractivity contribution in [2.24, 2.45) is 10.7 Å². The lowest BCUT2D eigenvalue weighted by molar-refractivity contribution is 0.248. The molecular weight excluding hydrogens is 170 g/mol. The SMILES string of the molecule is CCOC1=C(C#N)C(=C=O)N=C1N. The molecule has 0 radical (unpaired) electrons. The molecule has 0 aromatic heterocycles. The molecule has 0 amide bonds. The van der Waals surface area contributed by atoms with Gasteiger partial charge in [-0.05, 0) is 6.92 Å². The fraction of sp³-hybridized carbons (Fsp3) is 0.250. The predicted molar refractivity (Wildman–Crippen MR) is 45.1 cm³/mol. The summed E-state index contributed by atoms with van der Waals surface area (Å²) < 4.78 is 5.05. The normalized spacial score (nSPS) is 15.1. The second-order valence-electron chi connectivity index (χ2n) is 2.20. The van der Waals surface area contributed by atoms with Crippen molar-refractivity contribution in [2.75, 3.05) is 6.61 Å². The molecule has 0 saturated heterocycles. The van der Waals surface area contributed by atoms with Crippen molar-refractivity contribution in [3.05, 3.63) is 17.0 Å². The Morgan fingerprint density at radius 3 is 2.85 bits per heavy atom. The van der Waals surface area contributed by atoms with Crippen molar-refractivity contribution in [1.29, 1.82) is 5.26 Å². The van der Waals surface area contributed by atoms with Crippen molar-refractivity contribution in [2.45, 2.75) is 6.92 Å². The monoisotopic (exact) mass is 177 g/mol. The third-order valence-corrected chi connectivity index (χ3v) is 1.43. The van der Waals surface area contributed by atoms with Gasteiger partial charge in [-0.2, -0.15) is 5.26 Å². The van der Waals surface area contributed by atoms with E-state index in [0.29, 0.717) is 6.61 Å². The second-order valence-corrected chi connectivity index (χ2v) is 2.20. The van der Waals surface area contributed by atoms with Crippen molar-refractivity contribution < 1.29 is 9.53 Å². The van der Waals surface area contributed by atoms with Gasteiger partial charge in [0, 0.05) is 0 Å². The Hall–Kier alpha value is -2.05. The number of carbonyl (C=O) groups excluding carboxylic acids is 1. The summed E-state index contributed by atoms with van der Waals surface area (Å²) in [6.07, 6.45) is 0. The number of rotatable bonds is 2. The highest BCUT2D eigenvalue weighted by Gasteiger charge is 2.24. The summed E-state index contributed by atoms with van der Waals surface area (Å²) in [7, 11) is 0. The molecule has 1 heterocycles. The van der Waals surface area contributed by atoms with Gasteiger partial charge in [0.1, 0.15) is 11.6 Å². The summed E-state index contributed by atoms with van der Waals surface area (Å²) in [6.45, 7) is 2.11. The van der Waals surface area contributed by atoms with E-state index in [1.54, 1.807) is 13.0 Å². The molecule has 1 aliphatic rings. The first kappa shape index (κ1) is 9.04. The van der Waals surface area contributed by atoms with Crippen LogP contribution in [0, 0.1) is 11.3 Å². The molecule has 2 N–H and O–H groups in total. The quantitative estimate of drug-likeness (QED) is 0.596. The largest absolute Gasteiger partial charge is 0.489 e. The van der Waals surface area contributed by atoms with Crippen LogP contribution in [0.1, 0.15) is 6.92 Å². The van der Waals surface area contributed by atoms with E-state index in [4.69, 9.17) is 15.7 Å². The lowest BCUT2D eigenvalue weighted by Gasteiger charge is -2.02. The number of allylic oxidation sites excluding steroid dienone is 1. The topological polar surface area (TPSA) is 88.5 Å². The van der Waals surface area contributed by atoms with Gasteiger partial charge in [-0.25, -0.2) is 9.79 Å². The maximum atomic E-state index is 10.3. The van der Waals surface area contributed by atoms with Crippen LogP contribution in [0.25, 0.3) is 0 Å². The first-order chi connectivity index (χ1) is 6.24. The number of nitrogens with two attached hydrogens (primary N) is 1. The summed E-state index contributed by atoms with van der Waals surface area (Å²) in [5.74, 6) is 1.74. The number of hydrogen-bond donors (Lipinski definition) is 1. The van der Waals surface area contributed by atoms with Crippen LogP contribution in [0.2, 0.25) is 0 Å². The number of aliphatic imine (C=N–C) groups is 1. The summed E-state index contributed by atoms with van der Waals surface area (Å²) in [5, 5.41) is 8.67. The van der Waals surface area contributed by atoms with Crippen molar-refractivity contribution in [3.8, 4) is 6.07 Å². The lowest BCUT2D eigenvalue weighted by atomic mass is 10.2. The average molecular weight is 177 g/mol. The summed E-state index contributed by atoms with van der Waals surface area (Å²) >= 11 is 0. The molecule has 0 spiro atoms. The minimum atomic E-state index is -0.0940. The Morgan fingerprint density at radius 1 is 1.69 bits per heavy atom. The van der Waals surface area contributed by atoms with E-state index in [2.05, 4.69) is 4.99 Å². The summed E-state index contributed by atoms with van der Waals surface area (Å²) in [6, 6.07) is 1.79. The summed E-state index contributed by atoms with van der Waals surface area (Å²) in [4.78, 5) is 13.9. The summed E-state index contributed by atoms with van der Waals surface area (Å²) in [5.41, 5.74) is 5.37. The first-order valence-corrected chi connectivity index (χ1v) is 3.61. The zero-order valence-corrected chi connectivity index (χ0v) is 7.00. The maximum Gasteiger partial charge on any atom is 0.182 e.